The van der Waals surface area contributed by atoms with E-state index < -0.39 is 0 Å². The van der Waals surface area contributed by atoms with Crippen LogP contribution < -0.4 is 0 Å². The Morgan fingerprint density at radius 2 is 2.09 bits per heavy atom. The predicted molar refractivity (Wildman–Crippen MR) is 36.5 cm³/mol. The van der Waals surface area contributed by atoms with Crippen molar-refractivity contribution in [3.63, 3.8) is 0 Å². The second-order valence-corrected chi connectivity index (χ2v) is 2.12. The minimum Gasteiger partial charge on any atom is -0.442 e. The van der Waals surface area contributed by atoms with E-state index in [-0.39, 0.29) is 12.2 Å². The van der Waals surface area contributed by atoms with Crippen LogP contribution >= 0.6 is 0 Å². The van der Waals surface area contributed by atoms with Gasteiger partial charge in [-0.05, 0) is 6.92 Å². The summed E-state index contributed by atoms with van der Waals surface area (Å²) >= 11 is 0. The summed E-state index contributed by atoms with van der Waals surface area (Å²) in [6.45, 7) is 3.10. The van der Waals surface area contributed by atoms with Crippen molar-refractivity contribution >= 4 is 5.97 Å². The molecule has 0 fully saturated rings. The lowest BCUT2D eigenvalue weighted by Gasteiger charge is -2.10. The Morgan fingerprint density at radius 3 is 2.55 bits per heavy atom. The number of ether oxygens (including phenoxy) is 1. The molecule has 5 nitrogen and oxygen atoms in total. The number of carbonyl (C=O) groups excluding carboxylic acids is 1. The molecule has 0 radical (unpaired) electrons. The SMILES string of the molecule is CC(=O)OC(C)n1cnnc1. The van der Waals surface area contributed by atoms with Crippen LogP contribution in [0.5, 0.6) is 0 Å². The lowest BCUT2D eigenvalue weighted by atomic mass is 10.6. The second kappa shape index (κ2) is 3.14. The van der Waals surface area contributed by atoms with E-state index in [1.807, 2.05) is 0 Å². The van der Waals surface area contributed by atoms with E-state index in [4.69, 9.17) is 4.74 Å². The van der Waals surface area contributed by atoms with E-state index in [9.17, 15) is 4.79 Å². The molecule has 1 rings (SSSR count). The van der Waals surface area contributed by atoms with E-state index >= 15 is 0 Å². The summed E-state index contributed by atoms with van der Waals surface area (Å²) in [5, 5.41) is 7.14. The van der Waals surface area contributed by atoms with E-state index in [2.05, 4.69) is 10.2 Å². The van der Waals surface area contributed by atoms with Crippen LogP contribution in [0.1, 0.15) is 20.1 Å². The molecule has 0 amide bonds. The molecule has 0 aliphatic heterocycles. The van der Waals surface area contributed by atoms with Crippen molar-refractivity contribution in [3.05, 3.63) is 12.7 Å². The molecule has 1 unspecified atom stereocenters. The van der Waals surface area contributed by atoms with Gasteiger partial charge in [0.1, 0.15) is 12.7 Å². The van der Waals surface area contributed by atoms with Crippen molar-refractivity contribution in [1.82, 2.24) is 14.8 Å². The average molecular weight is 155 g/mol. The first kappa shape index (κ1) is 7.71. The van der Waals surface area contributed by atoms with Crippen LogP contribution in [0.4, 0.5) is 0 Å². The van der Waals surface area contributed by atoms with Crippen molar-refractivity contribution < 1.29 is 9.53 Å². The fourth-order valence-electron chi connectivity index (χ4n) is 0.698. The van der Waals surface area contributed by atoms with E-state index in [0.29, 0.717) is 0 Å². The quantitative estimate of drug-likeness (QED) is 0.578. The van der Waals surface area contributed by atoms with Crippen molar-refractivity contribution in [1.29, 1.82) is 0 Å². The van der Waals surface area contributed by atoms with Gasteiger partial charge in [-0.3, -0.25) is 9.36 Å². The average Bonchev–Trinajstić information content (AvgIpc) is 2.35. The molecule has 0 aliphatic rings. The first-order valence-electron chi connectivity index (χ1n) is 3.21. The third-order valence-corrected chi connectivity index (χ3v) is 1.19. The number of rotatable bonds is 2. The second-order valence-electron chi connectivity index (χ2n) is 2.12. The van der Waals surface area contributed by atoms with Crippen molar-refractivity contribution in [3.8, 4) is 0 Å². The van der Waals surface area contributed by atoms with Gasteiger partial charge in [0, 0.05) is 6.92 Å². The van der Waals surface area contributed by atoms with E-state index in [1.165, 1.54) is 19.6 Å². The molecule has 5 heteroatoms. The van der Waals surface area contributed by atoms with Crippen molar-refractivity contribution in [2.75, 3.05) is 0 Å². The molecule has 0 N–H and O–H groups in total. The van der Waals surface area contributed by atoms with Crippen LogP contribution in [0, 0.1) is 0 Å². The number of carbonyl (C=O) groups is 1. The van der Waals surface area contributed by atoms with Crippen LogP contribution in [-0.4, -0.2) is 20.7 Å². The standard InChI is InChI=1S/C6H9N3O2/c1-5(11-6(2)10)9-3-7-8-4-9/h3-5H,1-2H3. The number of nitrogens with zero attached hydrogens (tertiary/aromatic N) is 3. The maximum atomic E-state index is 10.5. The molecule has 0 aromatic carbocycles. The summed E-state index contributed by atoms with van der Waals surface area (Å²) in [4.78, 5) is 10.5. The minimum absolute atomic E-state index is 0.314. The lowest BCUT2D eigenvalue weighted by Crippen LogP contribution is -2.10. The van der Waals surface area contributed by atoms with Gasteiger partial charge in [0.15, 0.2) is 6.23 Å². The minimum atomic E-state index is -0.331. The highest BCUT2D eigenvalue weighted by molar-refractivity contribution is 5.65. The first-order valence-corrected chi connectivity index (χ1v) is 3.21. The topological polar surface area (TPSA) is 57.0 Å². The van der Waals surface area contributed by atoms with Crippen LogP contribution in [-0.2, 0) is 9.53 Å². The highest BCUT2D eigenvalue weighted by Crippen LogP contribution is 2.04. The molecule has 1 atom stereocenters. The molecule has 1 aromatic rings. The molecule has 0 spiro atoms. The van der Waals surface area contributed by atoms with Gasteiger partial charge < -0.3 is 4.74 Å². The molecule has 1 aromatic heterocycles. The van der Waals surface area contributed by atoms with Crippen LogP contribution in [0.15, 0.2) is 12.7 Å². The van der Waals surface area contributed by atoms with Crippen molar-refractivity contribution in [2.45, 2.75) is 20.1 Å². The smallest absolute Gasteiger partial charge is 0.304 e. The number of hydrogen-bond acceptors (Lipinski definition) is 4. The van der Waals surface area contributed by atoms with E-state index in [0.717, 1.165) is 0 Å². The van der Waals surface area contributed by atoms with Crippen LogP contribution in [0.25, 0.3) is 0 Å². The van der Waals surface area contributed by atoms with Gasteiger partial charge >= 0.3 is 5.97 Å². The molecular weight excluding hydrogens is 146 g/mol. The Balaban J connectivity index is 2.56. The summed E-state index contributed by atoms with van der Waals surface area (Å²) < 4.78 is 6.44. The Labute approximate surface area is 64.0 Å². The maximum absolute atomic E-state index is 10.5. The monoisotopic (exact) mass is 155 g/mol. The van der Waals surface area contributed by atoms with Gasteiger partial charge in [-0.2, -0.15) is 0 Å². The fraction of sp³-hybridized carbons (Fsp3) is 0.500. The third kappa shape index (κ3) is 2.03. The first-order chi connectivity index (χ1) is 5.20. The molecular formula is C6H9N3O2. The van der Waals surface area contributed by atoms with Crippen molar-refractivity contribution in [2.24, 2.45) is 0 Å². The summed E-state index contributed by atoms with van der Waals surface area (Å²) in [7, 11) is 0. The van der Waals surface area contributed by atoms with Crippen LogP contribution in [0.2, 0.25) is 0 Å². The highest BCUT2D eigenvalue weighted by atomic mass is 16.6. The van der Waals surface area contributed by atoms with Gasteiger partial charge in [-0.15, -0.1) is 10.2 Å². The van der Waals surface area contributed by atoms with Gasteiger partial charge in [0.25, 0.3) is 0 Å². The summed E-state index contributed by atoms with van der Waals surface area (Å²) in [5.74, 6) is -0.314. The number of hydrogen-bond donors (Lipinski definition) is 0. The molecule has 0 aliphatic carbocycles. The fourth-order valence-corrected chi connectivity index (χ4v) is 0.698. The largest absolute Gasteiger partial charge is 0.442 e. The van der Waals surface area contributed by atoms with E-state index in [1.54, 1.807) is 11.5 Å². The maximum Gasteiger partial charge on any atom is 0.304 e. The molecule has 1 heterocycles. The zero-order chi connectivity index (χ0) is 8.27. The normalized spacial score (nSPS) is 12.5. The highest BCUT2D eigenvalue weighted by Gasteiger charge is 2.05. The summed E-state index contributed by atoms with van der Waals surface area (Å²) in [6.07, 6.45) is 2.66. The van der Waals surface area contributed by atoms with Crippen LogP contribution in [0.3, 0.4) is 0 Å². The third-order valence-electron chi connectivity index (χ3n) is 1.19. The Kier molecular flexibility index (Phi) is 2.20. The summed E-state index contributed by atoms with van der Waals surface area (Å²) in [6, 6.07) is 0. The molecule has 11 heavy (non-hydrogen) atoms. The molecule has 0 saturated heterocycles. The zero-order valence-electron chi connectivity index (χ0n) is 6.39. The Hall–Kier alpha value is -1.39. The Bertz CT molecular complexity index is 232. The van der Waals surface area contributed by atoms with Gasteiger partial charge in [0.05, 0.1) is 0 Å². The van der Waals surface area contributed by atoms with Gasteiger partial charge in [-0.1, -0.05) is 0 Å². The predicted octanol–water partition coefficient (Wildman–Crippen LogP) is 0.360. The van der Waals surface area contributed by atoms with Gasteiger partial charge in [-0.25, -0.2) is 0 Å². The lowest BCUT2D eigenvalue weighted by molar-refractivity contribution is -0.149. The molecule has 0 bridgehead atoms. The number of aromatic nitrogens is 3. The Morgan fingerprint density at radius 1 is 1.55 bits per heavy atom. The van der Waals surface area contributed by atoms with Gasteiger partial charge in [0.2, 0.25) is 0 Å². The summed E-state index contributed by atoms with van der Waals surface area (Å²) in [5.41, 5.74) is 0. The zero-order valence-corrected chi connectivity index (χ0v) is 6.39. The molecule has 0 saturated carbocycles. The molecule has 60 valence electrons. The number of esters is 1.